The zero-order valence-electron chi connectivity index (χ0n) is 14.9. The molecule has 9 nitrogen and oxygen atoms in total. The van der Waals surface area contributed by atoms with E-state index in [-0.39, 0.29) is 18.0 Å². The highest BCUT2D eigenvalue weighted by molar-refractivity contribution is 7.99. The molecule has 0 atom stereocenters. The first kappa shape index (κ1) is 19.5. The largest absolute Gasteiger partial charge is 0.467 e. The molecule has 3 N–H and O–H groups in total. The molecule has 0 unspecified atom stereocenters. The number of H-pyrrole nitrogens is 1. The molecule has 0 spiro atoms. The Hall–Kier alpha value is -3.27. The fourth-order valence-corrected chi connectivity index (χ4v) is 3.19. The summed E-state index contributed by atoms with van der Waals surface area (Å²) in [5, 5.41) is 11.5. The fraction of sp³-hybridized carbons (Fsp3) is 0.222. The van der Waals surface area contributed by atoms with E-state index >= 15 is 0 Å². The monoisotopic (exact) mass is 401 g/mol. The van der Waals surface area contributed by atoms with E-state index in [0.717, 1.165) is 17.3 Å². The van der Waals surface area contributed by atoms with Gasteiger partial charge in [0.05, 0.1) is 18.6 Å². The van der Waals surface area contributed by atoms with E-state index in [1.807, 2.05) is 30.3 Å². The molecular formula is C18H19N5O4S. The molecule has 0 aliphatic carbocycles. The molecular weight excluding hydrogens is 382 g/mol. The van der Waals surface area contributed by atoms with Crippen molar-refractivity contribution < 1.29 is 14.0 Å². The van der Waals surface area contributed by atoms with E-state index in [4.69, 9.17) is 4.42 Å². The number of benzene rings is 1. The second-order valence-corrected chi connectivity index (χ2v) is 6.74. The van der Waals surface area contributed by atoms with Crippen LogP contribution >= 0.6 is 11.8 Å². The van der Waals surface area contributed by atoms with Crippen LogP contribution in [-0.2, 0) is 24.3 Å². The maximum absolute atomic E-state index is 11.9. The minimum absolute atomic E-state index is 0.0518. The van der Waals surface area contributed by atoms with Gasteiger partial charge in [-0.05, 0) is 24.1 Å². The Kier molecular flexibility index (Phi) is 6.68. The maximum Gasteiger partial charge on any atom is 0.343 e. The highest BCUT2D eigenvalue weighted by Crippen LogP contribution is 2.13. The molecule has 2 heterocycles. The molecule has 0 bridgehead atoms. The molecule has 3 rings (SSSR count). The molecule has 3 aromatic rings. The number of nitrogens with zero attached hydrogens (tertiary/aromatic N) is 2. The van der Waals surface area contributed by atoms with Crippen molar-refractivity contribution >= 4 is 23.7 Å². The van der Waals surface area contributed by atoms with Crippen LogP contribution in [0.2, 0.25) is 0 Å². The topological polar surface area (TPSA) is 122 Å². The lowest BCUT2D eigenvalue weighted by Crippen LogP contribution is -2.39. The fourth-order valence-electron chi connectivity index (χ4n) is 2.41. The van der Waals surface area contributed by atoms with Crippen LogP contribution in [0.1, 0.15) is 11.3 Å². The number of thioether (sulfide) groups is 1. The number of hydrogen-bond donors (Lipinski definition) is 3. The van der Waals surface area contributed by atoms with Gasteiger partial charge in [-0.15, -0.1) is 5.10 Å². The molecule has 0 saturated heterocycles. The highest BCUT2D eigenvalue weighted by Gasteiger charge is 2.13. The number of imide groups is 1. The minimum atomic E-state index is -0.620. The summed E-state index contributed by atoms with van der Waals surface area (Å²) >= 11 is 1.08. The van der Waals surface area contributed by atoms with Gasteiger partial charge in [-0.25, -0.2) is 14.7 Å². The van der Waals surface area contributed by atoms with Crippen molar-refractivity contribution in [1.82, 2.24) is 25.4 Å². The smallest absolute Gasteiger partial charge is 0.343 e. The van der Waals surface area contributed by atoms with Crippen molar-refractivity contribution in [2.45, 2.75) is 24.7 Å². The maximum atomic E-state index is 11.9. The summed E-state index contributed by atoms with van der Waals surface area (Å²) in [5.74, 6) is 0.0343. The molecule has 0 saturated carbocycles. The van der Waals surface area contributed by atoms with Crippen LogP contribution in [0.5, 0.6) is 0 Å². The third-order valence-corrected chi connectivity index (χ3v) is 4.76. The number of aromatic nitrogens is 3. The Morgan fingerprint density at radius 2 is 2.00 bits per heavy atom. The predicted octanol–water partition coefficient (Wildman–Crippen LogP) is 1.53. The number of rotatable bonds is 8. The first-order valence-electron chi connectivity index (χ1n) is 8.54. The van der Waals surface area contributed by atoms with Crippen LogP contribution in [0.15, 0.2) is 63.1 Å². The normalized spacial score (nSPS) is 10.6. The van der Waals surface area contributed by atoms with E-state index in [1.54, 1.807) is 12.1 Å². The molecule has 0 fully saturated rings. The van der Waals surface area contributed by atoms with Gasteiger partial charge in [0.1, 0.15) is 5.76 Å². The van der Waals surface area contributed by atoms with E-state index in [2.05, 4.69) is 20.8 Å². The molecule has 2 aromatic heterocycles. The molecule has 0 aliphatic heterocycles. The zero-order valence-corrected chi connectivity index (χ0v) is 15.7. The standard InChI is InChI=1S/C18H19N5O4S/c24-15(20-16(25)19-11-14-7-4-10-27-14)12-28-18-22-21-17(26)23(18)9-8-13-5-2-1-3-6-13/h1-7,10H,8-9,11-12H2,(H,21,26)(H2,19,20,24,25). The lowest BCUT2D eigenvalue weighted by atomic mass is 10.1. The SMILES string of the molecule is O=C(CSc1n[nH]c(=O)n1CCc1ccccc1)NC(=O)NCc1ccco1. The first-order chi connectivity index (χ1) is 13.6. The van der Waals surface area contributed by atoms with Gasteiger partial charge in [0, 0.05) is 6.54 Å². The lowest BCUT2D eigenvalue weighted by Gasteiger charge is -2.07. The molecule has 0 radical (unpaired) electrons. The number of carbonyl (C=O) groups is 2. The van der Waals surface area contributed by atoms with Crippen molar-refractivity contribution in [3.63, 3.8) is 0 Å². The van der Waals surface area contributed by atoms with Gasteiger partial charge < -0.3 is 9.73 Å². The summed E-state index contributed by atoms with van der Waals surface area (Å²) < 4.78 is 6.56. The molecule has 3 amide bonds. The number of hydrogen-bond acceptors (Lipinski definition) is 6. The second kappa shape index (κ2) is 9.60. The predicted molar refractivity (Wildman–Crippen MR) is 103 cm³/mol. The van der Waals surface area contributed by atoms with Crippen molar-refractivity contribution in [3.05, 3.63) is 70.5 Å². The van der Waals surface area contributed by atoms with E-state index in [0.29, 0.717) is 23.9 Å². The van der Waals surface area contributed by atoms with Gasteiger partial charge in [-0.2, -0.15) is 0 Å². The average Bonchev–Trinajstić information content (AvgIpc) is 3.34. The molecule has 28 heavy (non-hydrogen) atoms. The summed E-state index contributed by atoms with van der Waals surface area (Å²) in [7, 11) is 0. The number of carbonyl (C=O) groups excluding carboxylic acids is 2. The van der Waals surface area contributed by atoms with Crippen molar-refractivity contribution in [1.29, 1.82) is 0 Å². The Morgan fingerprint density at radius 1 is 1.18 bits per heavy atom. The van der Waals surface area contributed by atoms with Crippen LogP contribution in [0.4, 0.5) is 4.79 Å². The number of aryl methyl sites for hydroxylation is 1. The van der Waals surface area contributed by atoms with E-state index in [9.17, 15) is 14.4 Å². The Morgan fingerprint density at radius 3 is 2.75 bits per heavy atom. The summed E-state index contributed by atoms with van der Waals surface area (Å²) in [6.07, 6.45) is 2.16. The quantitative estimate of drug-likeness (QED) is 0.492. The van der Waals surface area contributed by atoms with Crippen LogP contribution in [0, 0.1) is 0 Å². The lowest BCUT2D eigenvalue weighted by molar-refractivity contribution is -0.117. The van der Waals surface area contributed by atoms with E-state index in [1.165, 1.54) is 10.8 Å². The number of amides is 3. The highest BCUT2D eigenvalue weighted by atomic mass is 32.2. The molecule has 1 aromatic carbocycles. The Labute approximate surface area is 164 Å². The number of nitrogens with one attached hydrogen (secondary N) is 3. The molecule has 0 aliphatic rings. The number of urea groups is 1. The van der Waals surface area contributed by atoms with E-state index < -0.39 is 11.9 Å². The third kappa shape index (κ3) is 5.61. The molecule has 146 valence electrons. The third-order valence-electron chi connectivity index (χ3n) is 3.78. The van der Waals surface area contributed by atoms with Gasteiger partial charge in [0.2, 0.25) is 5.91 Å². The summed E-state index contributed by atoms with van der Waals surface area (Å²) in [5.41, 5.74) is 0.757. The van der Waals surface area contributed by atoms with Crippen LogP contribution < -0.4 is 16.3 Å². The molecule has 10 heteroatoms. The summed E-state index contributed by atoms with van der Waals surface area (Å²) in [6, 6.07) is 12.6. The number of furan rings is 1. The minimum Gasteiger partial charge on any atom is -0.467 e. The van der Waals surface area contributed by atoms with Gasteiger partial charge in [-0.3, -0.25) is 14.7 Å². The first-order valence-corrected chi connectivity index (χ1v) is 9.52. The summed E-state index contributed by atoms with van der Waals surface area (Å²) in [6.45, 7) is 0.616. The van der Waals surface area contributed by atoms with Crippen LogP contribution in [0.25, 0.3) is 0 Å². The van der Waals surface area contributed by atoms with Crippen molar-refractivity contribution in [2.75, 3.05) is 5.75 Å². The zero-order chi connectivity index (χ0) is 19.8. The van der Waals surface area contributed by atoms with Crippen molar-refractivity contribution in [3.8, 4) is 0 Å². The van der Waals surface area contributed by atoms with Gasteiger partial charge >= 0.3 is 11.7 Å². The Balaban J connectivity index is 1.46. The van der Waals surface area contributed by atoms with Gasteiger partial charge in [-0.1, -0.05) is 42.1 Å². The van der Waals surface area contributed by atoms with Gasteiger partial charge in [0.25, 0.3) is 0 Å². The van der Waals surface area contributed by atoms with Crippen LogP contribution in [0.3, 0.4) is 0 Å². The Bertz CT molecular complexity index is 966. The summed E-state index contributed by atoms with van der Waals surface area (Å²) in [4.78, 5) is 35.6. The second-order valence-electron chi connectivity index (χ2n) is 5.80. The van der Waals surface area contributed by atoms with Crippen molar-refractivity contribution in [2.24, 2.45) is 0 Å². The van der Waals surface area contributed by atoms with Crippen LogP contribution in [-0.4, -0.2) is 32.5 Å². The van der Waals surface area contributed by atoms with Gasteiger partial charge in [0.15, 0.2) is 5.16 Å². The average molecular weight is 401 g/mol. The number of aromatic amines is 1.